The van der Waals surface area contributed by atoms with Gasteiger partial charge in [-0.05, 0) is 6.92 Å². The number of hydrogen-bond acceptors (Lipinski definition) is 6. The molecule has 1 heterocycles. The van der Waals surface area contributed by atoms with E-state index in [1.165, 1.54) is 26.9 Å². The lowest BCUT2D eigenvalue weighted by Gasteiger charge is -2.29. The molecule has 0 N–H and O–H groups in total. The fourth-order valence-corrected chi connectivity index (χ4v) is 1.72. The SMILES string of the molecule is C=C[B]O[C@H]([C@@H]1CO[C@](C)(OC)O1)C(F)(F)C(=O)OCC. The van der Waals surface area contributed by atoms with Crippen molar-refractivity contribution in [2.75, 3.05) is 20.3 Å². The van der Waals surface area contributed by atoms with Crippen molar-refractivity contribution in [2.45, 2.75) is 38.0 Å². The van der Waals surface area contributed by atoms with Crippen molar-refractivity contribution >= 4 is 13.5 Å². The molecule has 0 aromatic carbocycles. The molecule has 1 fully saturated rings. The van der Waals surface area contributed by atoms with Crippen LogP contribution in [0.2, 0.25) is 0 Å². The minimum atomic E-state index is -3.91. The summed E-state index contributed by atoms with van der Waals surface area (Å²) in [6, 6.07) is 0. The van der Waals surface area contributed by atoms with E-state index in [4.69, 9.17) is 18.9 Å². The van der Waals surface area contributed by atoms with Crippen molar-refractivity contribution in [1.29, 1.82) is 0 Å². The zero-order valence-corrected chi connectivity index (χ0v) is 12.1. The summed E-state index contributed by atoms with van der Waals surface area (Å²) in [6.45, 7) is 5.77. The van der Waals surface area contributed by atoms with Gasteiger partial charge in [0.2, 0.25) is 0 Å². The van der Waals surface area contributed by atoms with Crippen LogP contribution in [0, 0.1) is 0 Å². The van der Waals surface area contributed by atoms with Gasteiger partial charge in [0.15, 0.2) is 0 Å². The van der Waals surface area contributed by atoms with E-state index in [9.17, 15) is 13.6 Å². The second-order valence-electron chi connectivity index (χ2n) is 4.31. The van der Waals surface area contributed by atoms with Gasteiger partial charge in [0, 0.05) is 14.0 Å². The summed E-state index contributed by atoms with van der Waals surface area (Å²) in [4.78, 5) is 11.4. The quantitative estimate of drug-likeness (QED) is 0.494. The van der Waals surface area contributed by atoms with Crippen LogP contribution in [0.25, 0.3) is 0 Å². The molecule has 0 aromatic heterocycles. The van der Waals surface area contributed by atoms with E-state index in [1.54, 1.807) is 0 Å². The number of alkyl halides is 2. The Labute approximate surface area is 122 Å². The van der Waals surface area contributed by atoms with Crippen molar-refractivity contribution < 1.29 is 37.2 Å². The van der Waals surface area contributed by atoms with Crippen molar-refractivity contribution in [1.82, 2.24) is 0 Å². The Hall–Kier alpha value is -1.03. The van der Waals surface area contributed by atoms with E-state index < -0.39 is 30.1 Å². The Bertz CT molecular complexity index is 381. The highest BCUT2D eigenvalue weighted by molar-refractivity contribution is 6.34. The van der Waals surface area contributed by atoms with Crippen LogP contribution in [0.1, 0.15) is 13.8 Å². The number of methoxy groups -OCH3 is 1. The standard InChI is InChI=1S/C12H18BF2O6/c1-5-13-21-9(12(14,15)10(16)18-6-2)8-7-19-11(3,17-4)20-8/h5,8-9H,1,6-7H2,2-4H3/t8-,9+,11-/m0/s1. The summed E-state index contributed by atoms with van der Waals surface area (Å²) < 4.78 is 52.9. The smallest absolute Gasteiger partial charge is 0.379 e. The van der Waals surface area contributed by atoms with Gasteiger partial charge in [-0.3, -0.25) is 0 Å². The summed E-state index contributed by atoms with van der Waals surface area (Å²) in [6.07, 6.45) is -3.14. The van der Waals surface area contributed by atoms with Crippen LogP contribution in [0.3, 0.4) is 0 Å². The zero-order valence-electron chi connectivity index (χ0n) is 12.1. The Morgan fingerprint density at radius 2 is 2.33 bits per heavy atom. The zero-order chi connectivity index (χ0) is 16.1. The molecule has 6 nitrogen and oxygen atoms in total. The van der Waals surface area contributed by atoms with Crippen molar-refractivity contribution in [3.05, 3.63) is 12.6 Å². The number of carbonyl (C=O) groups is 1. The molecule has 0 unspecified atom stereocenters. The Balaban J connectivity index is 2.90. The van der Waals surface area contributed by atoms with Crippen LogP contribution in [0.5, 0.6) is 0 Å². The second kappa shape index (κ2) is 7.30. The predicted octanol–water partition coefficient (Wildman–Crippen LogP) is 1.07. The van der Waals surface area contributed by atoms with Crippen molar-refractivity contribution in [2.24, 2.45) is 0 Å². The van der Waals surface area contributed by atoms with E-state index in [0.717, 1.165) is 7.48 Å². The molecular formula is C12H18BF2O6. The first-order valence-corrected chi connectivity index (χ1v) is 6.32. The maximum Gasteiger partial charge on any atom is 0.379 e. The third-order valence-corrected chi connectivity index (χ3v) is 2.81. The number of carbonyl (C=O) groups excluding carboxylic acids is 1. The fraction of sp³-hybridized carbons (Fsp3) is 0.750. The maximum atomic E-state index is 14.2. The Morgan fingerprint density at radius 3 is 2.81 bits per heavy atom. The molecule has 1 aliphatic rings. The van der Waals surface area contributed by atoms with Crippen LogP contribution in [-0.2, 0) is 28.4 Å². The lowest BCUT2D eigenvalue weighted by atomic mass is 9.99. The third kappa shape index (κ3) is 4.22. The Morgan fingerprint density at radius 1 is 1.67 bits per heavy atom. The number of rotatable bonds is 8. The molecule has 0 amide bonds. The van der Waals surface area contributed by atoms with Gasteiger partial charge in [-0.2, -0.15) is 8.78 Å². The molecule has 1 radical (unpaired) electrons. The molecule has 1 rings (SSSR count). The molecule has 0 aromatic rings. The van der Waals surface area contributed by atoms with Gasteiger partial charge in [0.05, 0.1) is 13.2 Å². The van der Waals surface area contributed by atoms with Crippen molar-refractivity contribution in [3.8, 4) is 0 Å². The van der Waals surface area contributed by atoms with E-state index in [0.29, 0.717) is 0 Å². The lowest BCUT2D eigenvalue weighted by Crippen LogP contribution is -2.52. The number of ether oxygens (including phenoxy) is 4. The maximum absolute atomic E-state index is 14.2. The molecule has 0 saturated carbocycles. The fourth-order valence-electron chi connectivity index (χ4n) is 1.72. The largest absolute Gasteiger partial charge is 0.461 e. The first-order chi connectivity index (χ1) is 9.80. The molecule has 9 heteroatoms. The van der Waals surface area contributed by atoms with Gasteiger partial charge >= 0.3 is 19.4 Å². The summed E-state index contributed by atoms with van der Waals surface area (Å²) in [5.74, 6) is -5.91. The van der Waals surface area contributed by atoms with Crippen LogP contribution in [-0.4, -0.2) is 57.9 Å². The molecule has 3 atom stereocenters. The summed E-state index contributed by atoms with van der Waals surface area (Å²) in [5, 5.41) is 0. The van der Waals surface area contributed by atoms with Gasteiger partial charge < -0.3 is 23.6 Å². The molecule has 119 valence electrons. The van der Waals surface area contributed by atoms with E-state index in [2.05, 4.69) is 11.3 Å². The number of esters is 1. The van der Waals surface area contributed by atoms with Crippen LogP contribution in [0.15, 0.2) is 12.6 Å². The number of hydrogen-bond donors (Lipinski definition) is 0. The monoisotopic (exact) mass is 307 g/mol. The lowest BCUT2D eigenvalue weighted by molar-refractivity contribution is -0.320. The van der Waals surface area contributed by atoms with Crippen LogP contribution in [0.4, 0.5) is 8.78 Å². The summed E-state index contributed by atoms with van der Waals surface area (Å²) in [7, 11) is 2.25. The normalized spacial score (nSPS) is 27.2. The first-order valence-electron chi connectivity index (χ1n) is 6.32. The predicted molar refractivity (Wildman–Crippen MR) is 68.6 cm³/mol. The van der Waals surface area contributed by atoms with Gasteiger partial charge in [0.25, 0.3) is 5.97 Å². The summed E-state index contributed by atoms with van der Waals surface area (Å²) in [5.41, 5.74) is 0. The van der Waals surface area contributed by atoms with Gasteiger partial charge in [-0.25, -0.2) is 4.79 Å². The van der Waals surface area contributed by atoms with E-state index >= 15 is 0 Å². The molecular weight excluding hydrogens is 289 g/mol. The molecule has 0 aliphatic carbocycles. The second-order valence-corrected chi connectivity index (χ2v) is 4.31. The Kier molecular flexibility index (Phi) is 6.27. The average molecular weight is 307 g/mol. The third-order valence-electron chi connectivity index (χ3n) is 2.81. The van der Waals surface area contributed by atoms with Gasteiger partial charge in [-0.1, -0.05) is 5.98 Å². The topological polar surface area (TPSA) is 63.2 Å². The first kappa shape index (κ1) is 18.0. The van der Waals surface area contributed by atoms with Crippen molar-refractivity contribution in [3.63, 3.8) is 0 Å². The average Bonchev–Trinajstić information content (AvgIpc) is 2.82. The minimum Gasteiger partial charge on any atom is -0.461 e. The molecule has 0 spiro atoms. The van der Waals surface area contributed by atoms with Crippen LogP contribution < -0.4 is 0 Å². The van der Waals surface area contributed by atoms with Gasteiger partial charge in [-0.15, -0.1) is 6.58 Å². The highest BCUT2D eigenvalue weighted by Gasteiger charge is 2.56. The van der Waals surface area contributed by atoms with Crippen LogP contribution >= 0.6 is 0 Å². The summed E-state index contributed by atoms with van der Waals surface area (Å²) >= 11 is 0. The molecule has 21 heavy (non-hydrogen) atoms. The minimum absolute atomic E-state index is 0.176. The molecule has 1 aliphatic heterocycles. The van der Waals surface area contributed by atoms with Gasteiger partial charge in [0.1, 0.15) is 12.2 Å². The van der Waals surface area contributed by atoms with E-state index in [-0.39, 0.29) is 13.2 Å². The molecule has 1 saturated heterocycles. The van der Waals surface area contributed by atoms with E-state index in [1.807, 2.05) is 0 Å². The number of halogens is 2. The molecule has 0 bridgehead atoms. The highest BCUT2D eigenvalue weighted by atomic mass is 19.3. The highest BCUT2D eigenvalue weighted by Crippen LogP contribution is 2.33.